The van der Waals surface area contributed by atoms with Crippen molar-refractivity contribution in [3.63, 3.8) is 0 Å². The minimum atomic E-state index is -0.282. The van der Waals surface area contributed by atoms with Gasteiger partial charge in [-0.05, 0) is 30.3 Å². The Hall–Kier alpha value is -2.62. The lowest BCUT2D eigenvalue weighted by Crippen LogP contribution is -1.77. The molecule has 2 heterocycles. The Morgan fingerprint density at radius 2 is 1.85 bits per heavy atom. The highest BCUT2D eigenvalue weighted by Gasteiger charge is 2.11. The number of halogens is 2. The number of aromatic amines is 2. The van der Waals surface area contributed by atoms with Crippen molar-refractivity contribution in [1.29, 1.82) is 0 Å². The maximum Gasteiger partial charge on any atom is 0.147 e. The molecule has 0 saturated heterocycles. The lowest BCUT2D eigenvalue weighted by molar-refractivity contribution is 0.629. The van der Waals surface area contributed by atoms with Gasteiger partial charge in [0.25, 0.3) is 0 Å². The molecule has 0 saturated carbocycles. The quantitative estimate of drug-likeness (QED) is 0.506. The average Bonchev–Trinajstić information content (AvgIpc) is 3.01. The van der Waals surface area contributed by atoms with Gasteiger partial charge >= 0.3 is 0 Å². The minimum absolute atomic E-state index is 0.282. The lowest BCUT2D eigenvalue weighted by Gasteiger charge is -1.96. The van der Waals surface area contributed by atoms with Crippen molar-refractivity contribution in [2.24, 2.45) is 0 Å². The van der Waals surface area contributed by atoms with Crippen molar-refractivity contribution in [2.45, 2.75) is 0 Å². The third-order valence-corrected chi connectivity index (χ3v) is 3.54. The molecule has 0 bridgehead atoms. The van der Waals surface area contributed by atoms with Crippen LogP contribution in [0, 0.1) is 11.6 Å². The first-order valence-corrected chi connectivity index (χ1v) is 6.26. The predicted octanol–water partition coefficient (Wildman–Crippen LogP) is 4.59. The van der Waals surface area contributed by atoms with Gasteiger partial charge in [0.2, 0.25) is 0 Å². The van der Waals surface area contributed by atoms with Gasteiger partial charge in [0, 0.05) is 33.7 Å². The molecule has 0 radical (unpaired) electrons. The number of fused-ring (bicyclic) bond motifs is 2. The number of nitrogens with one attached hydrogen (secondary N) is 2. The molecule has 4 heteroatoms. The second-order valence-electron chi connectivity index (χ2n) is 4.78. The Morgan fingerprint density at radius 3 is 2.75 bits per heavy atom. The van der Waals surface area contributed by atoms with Gasteiger partial charge in [0.05, 0.1) is 5.52 Å². The molecule has 0 atom stereocenters. The van der Waals surface area contributed by atoms with E-state index in [0.29, 0.717) is 5.52 Å². The number of para-hydroxylation sites is 1. The number of hydrogen-bond acceptors (Lipinski definition) is 0. The fraction of sp³-hybridized carbons (Fsp3) is 0. The smallest absolute Gasteiger partial charge is 0.147 e. The monoisotopic (exact) mass is 268 g/mol. The van der Waals surface area contributed by atoms with Gasteiger partial charge in [-0.2, -0.15) is 0 Å². The summed E-state index contributed by atoms with van der Waals surface area (Å²) in [6.07, 6.45) is 1.76. The zero-order chi connectivity index (χ0) is 13.7. The zero-order valence-electron chi connectivity index (χ0n) is 10.4. The molecule has 98 valence electrons. The van der Waals surface area contributed by atoms with Crippen LogP contribution in [0.25, 0.3) is 33.1 Å². The van der Waals surface area contributed by atoms with Crippen molar-refractivity contribution in [1.82, 2.24) is 9.97 Å². The van der Waals surface area contributed by atoms with Crippen LogP contribution in [0.5, 0.6) is 0 Å². The summed E-state index contributed by atoms with van der Waals surface area (Å²) in [6.45, 7) is 0. The molecule has 2 aromatic carbocycles. The van der Waals surface area contributed by atoms with Gasteiger partial charge in [-0.1, -0.05) is 12.1 Å². The van der Waals surface area contributed by atoms with Crippen LogP contribution in [0.1, 0.15) is 0 Å². The summed E-state index contributed by atoms with van der Waals surface area (Å²) in [7, 11) is 0. The molecule has 0 aliphatic carbocycles. The fourth-order valence-electron chi connectivity index (χ4n) is 2.58. The van der Waals surface area contributed by atoms with Crippen LogP contribution in [0.15, 0.2) is 48.7 Å². The average molecular weight is 268 g/mol. The molecule has 0 unspecified atom stereocenters. The Labute approximate surface area is 113 Å². The molecule has 4 aromatic rings. The van der Waals surface area contributed by atoms with E-state index >= 15 is 0 Å². The second-order valence-corrected chi connectivity index (χ2v) is 4.78. The van der Waals surface area contributed by atoms with Gasteiger partial charge in [0.15, 0.2) is 0 Å². The highest BCUT2D eigenvalue weighted by Crippen LogP contribution is 2.31. The normalized spacial score (nSPS) is 11.5. The summed E-state index contributed by atoms with van der Waals surface area (Å²) in [5.41, 5.74) is 2.91. The number of rotatable bonds is 1. The molecule has 0 aliphatic heterocycles. The van der Waals surface area contributed by atoms with Crippen LogP contribution in [0.2, 0.25) is 0 Å². The molecule has 0 aliphatic rings. The molecule has 0 amide bonds. The third kappa shape index (κ3) is 1.54. The van der Waals surface area contributed by atoms with Crippen LogP contribution in [0.4, 0.5) is 8.78 Å². The van der Waals surface area contributed by atoms with Crippen LogP contribution in [0.3, 0.4) is 0 Å². The topological polar surface area (TPSA) is 31.6 Å². The van der Waals surface area contributed by atoms with E-state index in [1.807, 2.05) is 12.1 Å². The second kappa shape index (κ2) is 3.93. The Bertz CT molecular complexity index is 934. The van der Waals surface area contributed by atoms with Crippen LogP contribution < -0.4 is 0 Å². The van der Waals surface area contributed by atoms with Crippen LogP contribution in [-0.2, 0) is 0 Å². The van der Waals surface area contributed by atoms with Crippen molar-refractivity contribution in [3.05, 3.63) is 60.3 Å². The van der Waals surface area contributed by atoms with E-state index in [4.69, 9.17) is 0 Å². The van der Waals surface area contributed by atoms with Gasteiger partial charge < -0.3 is 9.97 Å². The molecule has 0 spiro atoms. The van der Waals surface area contributed by atoms with E-state index < -0.39 is 0 Å². The van der Waals surface area contributed by atoms with Crippen molar-refractivity contribution in [2.75, 3.05) is 0 Å². The van der Waals surface area contributed by atoms with E-state index in [-0.39, 0.29) is 11.6 Å². The summed E-state index contributed by atoms with van der Waals surface area (Å²) in [4.78, 5) is 6.11. The first-order chi connectivity index (χ1) is 9.72. The molecule has 2 nitrogen and oxygen atoms in total. The number of hydrogen-bond donors (Lipinski definition) is 2. The minimum Gasteiger partial charge on any atom is -0.358 e. The number of aromatic nitrogens is 2. The zero-order valence-corrected chi connectivity index (χ0v) is 10.4. The largest absolute Gasteiger partial charge is 0.358 e. The molecular weight excluding hydrogens is 258 g/mol. The molecular formula is C16H10F2N2. The molecule has 20 heavy (non-hydrogen) atoms. The van der Waals surface area contributed by atoms with Crippen molar-refractivity contribution in [3.8, 4) is 11.3 Å². The first-order valence-electron chi connectivity index (χ1n) is 6.26. The highest BCUT2D eigenvalue weighted by atomic mass is 19.1. The van der Waals surface area contributed by atoms with Crippen molar-refractivity contribution >= 4 is 21.8 Å². The summed E-state index contributed by atoms with van der Waals surface area (Å²) in [5, 5.41) is 1.73. The first kappa shape index (κ1) is 11.2. The Balaban J connectivity index is 1.99. The molecule has 2 aromatic heterocycles. The summed E-state index contributed by atoms with van der Waals surface area (Å²) >= 11 is 0. The number of benzene rings is 2. The van der Waals surface area contributed by atoms with E-state index in [1.165, 1.54) is 18.2 Å². The Morgan fingerprint density at radius 1 is 0.950 bits per heavy atom. The Kier molecular flexibility index (Phi) is 2.21. The van der Waals surface area contributed by atoms with Crippen LogP contribution in [-0.4, -0.2) is 9.97 Å². The van der Waals surface area contributed by atoms with E-state index in [0.717, 1.165) is 27.5 Å². The highest BCUT2D eigenvalue weighted by molar-refractivity contribution is 5.98. The molecule has 4 rings (SSSR count). The maximum absolute atomic E-state index is 13.7. The lowest BCUT2D eigenvalue weighted by atomic mass is 10.1. The van der Waals surface area contributed by atoms with Crippen molar-refractivity contribution < 1.29 is 8.78 Å². The molecule has 0 fully saturated rings. The van der Waals surface area contributed by atoms with E-state index in [1.54, 1.807) is 18.3 Å². The maximum atomic E-state index is 13.7. The standard InChI is InChI=1S/C16H10F2N2/c17-10-5-4-9-6-15(20-14(9)7-10)12-8-19-16-11(12)2-1-3-13(16)18/h1-8,19-20H. The third-order valence-electron chi connectivity index (χ3n) is 3.54. The number of H-pyrrole nitrogens is 2. The van der Waals surface area contributed by atoms with E-state index in [2.05, 4.69) is 9.97 Å². The fourth-order valence-corrected chi connectivity index (χ4v) is 2.58. The SMILES string of the molecule is Fc1ccc2cc(-c3c[nH]c4c(F)cccc34)[nH]c2c1. The van der Waals surface area contributed by atoms with Crippen LogP contribution >= 0.6 is 0 Å². The van der Waals surface area contributed by atoms with E-state index in [9.17, 15) is 8.78 Å². The van der Waals surface area contributed by atoms with Gasteiger partial charge in [-0.25, -0.2) is 8.78 Å². The van der Waals surface area contributed by atoms with Gasteiger partial charge in [0.1, 0.15) is 11.6 Å². The van der Waals surface area contributed by atoms with Gasteiger partial charge in [-0.15, -0.1) is 0 Å². The summed E-state index contributed by atoms with van der Waals surface area (Å²) < 4.78 is 26.9. The molecule has 2 N–H and O–H groups in total. The summed E-state index contributed by atoms with van der Waals surface area (Å²) in [6, 6.07) is 11.5. The predicted molar refractivity (Wildman–Crippen MR) is 75.5 cm³/mol. The summed E-state index contributed by atoms with van der Waals surface area (Å²) in [5.74, 6) is -0.563. The van der Waals surface area contributed by atoms with Gasteiger partial charge in [-0.3, -0.25) is 0 Å².